The molecule has 0 bridgehead atoms. The molecule has 106 valence electrons. The Morgan fingerprint density at radius 1 is 1.16 bits per heavy atom. The van der Waals surface area contributed by atoms with Crippen molar-refractivity contribution < 1.29 is 26.4 Å². The maximum Gasteiger partial charge on any atom is 0.338 e. The first-order valence-corrected chi connectivity index (χ1v) is 8.54. The SMILES string of the molecule is CCOC(=O)c1cc(S(C)(=O)=O)cc(S(N)(=O)=O)c1. The van der Waals surface area contributed by atoms with Crippen LogP contribution in [-0.2, 0) is 24.6 Å². The first-order valence-electron chi connectivity index (χ1n) is 5.10. The molecule has 9 heteroatoms. The van der Waals surface area contributed by atoms with Crippen LogP contribution in [0.15, 0.2) is 28.0 Å². The maximum atomic E-state index is 11.6. The van der Waals surface area contributed by atoms with E-state index in [9.17, 15) is 21.6 Å². The van der Waals surface area contributed by atoms with Gasteiger partial charge in [-0.2, -0.15) is 0 Å². The number of nitrogens with two attached hydrogens (primary N) is 1. The molecule has 0 radical (unpaired) electrons. The monoisotopic (exact) mass is 307 g/mol. The van der Waals surface area contributed by atoms with Crippen molar-refractivity contribution >= 4 is 25.8 Å². The van der Waals surface area contributed by atoms with Crippen LogP contribution in [0.1, 0.15) is 17.3 Å². The number of primary sulfonamides is 1. The van der Waals surface area contributed by atoms with Crippen molar-refractivity contribution in [2.45, 2.75) is 16.7 Å². The summed E-state index contributed by atoms with van der Waals surface area (Å²) in [5.74, 6) is -0.821. The Balaban J connectivity index is 3.55. The lowest BCUT2D eigenvalue weighted by molar-refractivity contribution is 0.0525. The van der Waals surface area contributed by atoms with Crippen LogP contribution in [0.4, 0.5) is 0 Å². The topological polar surface area (TPSA) is 121 Å². The summed E-state index contributed by atoms with van der Waals surface area (Å²) in [6, 6.07) is 2.91. The van der Waals surface area contributed by atoms with E-state index >= 15 is 0 Å². The molecule has 1 rings (SSSR count). The molecule has 1 aromatic carbocycles. The molecule has 0 saturated heterocycles. The Morgan fingerprint density at radius 3 is 2.11 bits per heavy atom. The molecule has 1 aromatic rings. The Morgan fingerprint density at radius 2 is 1.68 bits per heavy atom. The highest BCUT2D eigenvalue weighted by Crippen LogP contribution is 2.19. The van der Waals surface area contributed by atoms with Crippen LogP contribution in [0.25, 0.3) is 0 Å². The molecule has 0 saturated carbocycles. The molecule has 0 aliphatic heterocycles. The second-order valence-electron chi connectivity index (χ2n) is 3.73. The zero-order chi connectivity index (χ0) is 14.8. The number of rotatable bonds is 4. The van der Waals surface area contributed by atoms with Crippen LogP contribution in [0.2, 0.25) is 0 Å². The van der Waals surface area contributed by atoms with Crippen LogP contribution in [0.3, 0.4) is 0 Å². The van der Waals surface area contributed by atoms with E-state index in [-0.39, 0.29) is 17.1 Å². The average Bonchev–Trinajstić information content (AvgIpc) is 2.26. The van der Waals surface area contributed by atoms with E-state index in [1.807, 2.05) is 0 Å². The highest BCUT2D eigenvalue weighted by Gasteiger charge is 2.19. The Labute approximate surface area is 111 Å². The van der Waals surface area contributed by atoms with Gasteiger partial charge in [0.15, 0.2) is 9.84 Å². The lowest BCUT2D eigenvalue weighted by atomic mass is 10.2. The number of esters is 1. The largest absolute Gasteiger partial charge is 0.462 e. The van der Waals surface area contributed by atoms with Gasteiger partial charge in [-0.1, -0.05) is 0 Å². The maximum absolute atomic E-state index is 11.6. The minimum atomic E-state index is -4.13. The summed E-state index contributed by atoms with van der Waals surface area (Å²) in [6.45, 7) is 1.64. The van der Waals surface area contributed by atoms with Crippen molar-refractivity contribution in [3.8, 4) is 0 Å². The molecular formula is C10H13NO6S2. The molecule has 19 heavy (non-hydrogen) atoms. The number of benzene rings is 1. The van der Waals surface area contributed by atoms with Crippen molar-refractivity contribution in [1.82, 2.24) is 0 Å². The van der Waals surface area contributed by atoms with Crippen LogP contribution >= 0.6 is 0 Å². The fraction of sp³-hybridized carbons (Fsp3) is 0.300. The lowest BCUT2D eigenvalue weighted by Gasteiger charge is -2.07. The van der Waals surface area contributed by atoms with Crippen LogP contribution in [0.5, 0.6) is 0 Å². The number of sulfonamides is 1. The molecule has 7 nitrogen and oxygen atoms in total. The summed E-state index contributed by atoms with van der Waals surface area (Å²) in [7, 11) is -7.81. The van der Waals surface area contributed by atoms with E-state index in [2.05, 4.69) is 0 Å². The standard InChI is InChI=1S/C10H13NO6S2/c1-3-17-10(12)7-4-8(18(2,13)14)6-9(5-7)19(11,15)16/h4-6H,3H2,1-2H3,(H2,11,15,16). The van der Waals surface area contributed by atoms with Crippen molar-refractivity contribution in [1.29, 1.82) is 0 Å². The molecule has 0 aromatic heterocycles. The lowest BCUT2D eigenvalue weighted by Crippen LogP contribution is -2.15. The van der Waals surface area contributed by atoms with Gasteiger partial charge in [0.2, 0.25) is 10.0 Å². The molecular weight excluding hydrogens is 294 g/mol. The number of sulfone groups is 1. The van der Waals surface area contributed by atoms with Gasteiger partial charge in [-0.05, 0) is 25.1 Å². The number of ether oxygens (including phenoxy) is 1. The van der Waals surface area contributed by atoms with Gasteiger partial charge in [-0.25, -0.2) is 26.8 Å². The minimum Gasteiger partial charge on any atom is -0.462 e. The van der Waals surface area contributed by atoms with Gasteiger partial charge in [-0.3, -0.25) is 0 Å². The van der Waals surface area contributed by atoms with Gasteiger partial charge in [0.25, 0.3) is 0 Å². The number of hydrogen-bond donors (Lipinski definition) is 1. The molecule has 0 amide bonds. The van der Waals surface area contributed by atoms with E-state index in [1.165, 1.54) is 0 Å². The fourth-order valence-electron chi connectivity index (χ4n) is 1.28. The third-order valence-electron chi connectivity index (χ3n) is 2.15. The predicted octanol–water partition coefficient (Wildman–Crippen LogP) is -0.0858. The van der Waals surface area contributed by atoms with Crippen LogP contribution < -0.4 is 5.14 Å². The highest BCUT2D eigenvalue weighted by atomic mass is 32.2. The first-order chi connectivity index (χ1) is 8.55. The summed E-state index contributed by atoms with van der Waals surface area (Å²) < 4.78 is 50.2. The number of hydrogen-bond acceptors (Lipinski definition) is 6. The minimum absolute atomic E-state index is 0.0760. The quantitative estimate of drug-likeness (QED) is 0.776. The summed E-state index contributed by atoms with van der Waals surface area (Å²) in [5.41, 5.74) is -0.186. The predicted molar refractivity (Wildman–Crippen MR) is 66.9 cm³/mol. The molecule has 0 spiro atoms. The van der Waals surface area contributed by atoms with Gasteiger partial charge in [0.05, 0.1) is 22.0 Å². The van der Waals surface area contributed by atoms with E-state index in [4.69, 9.17) is 9.88 Å². The van der Waals surface area contributed by atoms with E-state index in [0.717, 1.165) is 24.5 Å². The Bertz CT molecular complexity index is 655. The molecule has 2 N–H and O–H groups in total. The summed E-state index contributed by atoms with van der Waals surface area (Å²) >= 11 is 0. The Kier molecular flexibility index (Phi) is 4.33. The van der Waals surface area contributed by atoms with Crippen molar-refractivity contribution in [2.75, 3.05) is 12.9 Å². The summed E-state index contributed by atoms with van der Waals surface area (Å²) in [5, 5.41) is 4.94. The summed E-state index contributed by atoms with van der Waals surface area (Å²) in [6.07, 6.45) is 0.893. The summed E-state index contributed by atoms with van der Waals surface area (Å²) in [4.78, 5) is 10.8. The second kappa shape index (κ2) is 5.27. The second-order valence-corrected chi connectivity index (χ2v) is 7.31. The van der Waals surface area contributed by atoms with Gasteiger partial charge < -0.3 is 4.74 Å². The third-order valence-corrected chi connectivity index (χ3v) is 4.13. The van der Waals surface area contributed by atoms with Crippen molar-refractivity contribution in [3.63, 3.8) is 0 Å². The normalized spacial score (nSPS) is 12.2. The van der Waals surface area contributed by atoms with E-state index in [0.29, 0.717) is 0 Å². The highest BCUT2D eigenvalue weighted by molar-refractivity contribution is 7.91. The molecule has 0 aliphatic rings. The van der Waals surface area contributed by atoms with Gasteiger partial charge in [0, 0.05) is 6.26 Å². The zero-order valence-corrected chi connectivity index (χ0v) is 11.9. The molecule has 0 aliphatic carbocycles. The molecule has 0 unspecified atom stereocenters. The average molecular weight is 307 g/mol. The zero-order valence-electron chi connectivity index (χ0n) is 10.3. The van der Waals surface area contributed by atoms with Gasteiger partial charge in [-0.15, -0.1) is 0 Å². The van der Waals surface area contributed by atoms with Gasteiger partial charge >= 0.3 is 5.97 Å². The van der Waals surface area contributed by atoms with E-state index in [1.54, 1.807) is 6.92 Å². The molecule has 0 atom stereocenters. The first kappa shape index (κ1) is 15.6. The van der Waals surface area contributed by atoms with Gasteiger partial charge in [0.1, 0.15) is 0 Å². The van der Waals surface area contributed by atoms with Crippen molar-refractivity contribution in [3.05, 3.63) is 23.8 Å². The fourth-order valence-corrected chi connectivity index (χ4v) is 2.62. The number of carbonyl (C=O) groups excluding carboxylic acids is 1. The number of carbonyl (C=O) groups is 1. The van der Waals surface area contributed by atoms with Crippen LogP contribution in [-0.4, -0.2) is 35.7 Å². The Hall–Kier alpha value is -1.45. The van der Waals surface area contributed by atoms with Crippen molar-refractivity contribution in [2.24, 2.45) is 5.14 Å². The molecule has 0 fully saturated rings. The van der Waals surface area contributed by atoms with E-state index < -0.39 is 30.7 Å². The smallest absolute Gasteiger partial charge is 0.338 e. The van der Waals surface area contributed by atoms with Crippen LogP contribution in [0, 0.1) is 0 Å². The molecule has 0 heterocycles. The third kappa shape index (κ3) is 4.01.